The maximum Gasteiger partial charge on any atom is 0.426 e. The highest BCUT2D eigenvalue weighted by molar-refractivity contribution is 7.92. The minimum absolute atomic E-state index is 0.0225. The first-order valence-corrected chi connectivity index (χ1v) is 6.86. The van der Waals surface area contributed by atoms with Crippen LogP contribution in [0.5, 0.6) is 0 Å². The van der Waals surface area contributed by atoms with Gasteiger partial charge in [0.1, 0.15) is 5.02 Å². The van der Waals surface area contributed by atoms with Gasteiger partial charge in [0.15, 0.2) is 0 Å². The molecular formula is C9H4ClF6NO4S. The van der Waals surface area contributed by atoms with Crippen molar-refractivity contribution in [1.29, 1.82) is 0 Å². The molecule has 0 radical (unpaired) electrons. The molecule has 1 aromatic carbocycles. The van der Waals surface area contributed by atoms with Crippen molar-refractivity contribution in [2.75, 3.05) is 0 Å². The SMILES string of the molecule is O=[N+]([O-])c1cc(S(=O)(=O)C(F)(F)[C@@H](F)C(F)(F)F)ccc1Cl. The molecule has 1 rings (SSSR count). The number of nitro groups is 1. The molecule has 0 bridgehead atoms. The normalized spacial score (nSPS) is 14.7. The topological polar surface area (TPSA) is 77.3 Å². The van der Waals surface area contributed by atoms with E-state index in [1.807, 2.05) is 0 Å². The summed E-state index contributed by atoms with van der Waals surface area (Å²) in [7, 11) is -6.19. The Labute approximate surface area is 123 Å². The van der Waals surface area contributed by atoms with Gasteiger partial charge in [-0.3, -0.25) is 10.1 Å². The van der Waals surface area contributed by atoms with E-state index < -0.39 is 48.0 Å². The molecule has 0 aliphatic carbocycles. The number of nitro benzene ring substituents is 1. The average molecular weight is 372 g/mol. The first-order chi connectivity index (χ1) is 9.73. The third-order valence-electron chi connectivity index (χ3n) is 2.37. The molecule has 0 amide bonds. The Morgan fingerprint density at radius 3 is 2.09 bits per heavy atom. The first-order valence-electron chi connectivity index (χ1n) is 5.00. The Balaban J connectivity index is 3.48. The van der Waals surface area contributed by atoms with Gasteiger partial charge >= 0.3 is 11.4 Å². The Bertz CT molecular complexity index is 705. The molecule has 5 nitrogen and oxygen atoms in total. The van der Waals surface area contributed by atoms with Crippen molar-refractivity contribution in [1.82, 2.24) is 0 Å². The second-order valence-corrected chi connectivity index (χ2v) is 6.27. The largest absolute Gasteiger partial charge is 0.426 e. The summed E-state index contributed by atoms with van der Waals surface area (Å²) in [4.78, 5) is 7.72. The number of sulfone groups is 1. The van der Waals surface area contributed by atoms with Crippen molar-refractivity contribution in [2.24, 2.45) is 0 Å². The molecule has 0 aromatic heterocycles. The van der Waals surface area contributed by atoms with Crippen LogP contribution in [0.15, 0.2) is 23.1 Å². The van der Waals surface area contributed by atoms with Crippen molar-refractivity contribution in [3.8, 4) is 0 Å². The van der Waals surface area contributed by atoms with Crippen LogP contribution in [-0.2, 0) is 9.84 Å². The lowest BCUT2D eigenvalue weighted by molar-refractivity contribution is -0.384. The summed E-state index contributed by atoms with van der Waals surface area (Å²) < 4.78 is 98.4. The smallest absolute Gasteiger partial charge is 0.258 e. The van der Waals surface area contributed by atoms with E-state index in [-0.39, 0.29) is 6.07 Å². The molecule has 0 aliphatic heterocycles. The zero-order valence-electron chi connectivity index (χ0n) is 9.94. The van der Waals surface area contributed by atoms with Gasteiger partial charge in [-0.2, -0.15) is 22.0 Å². The van der Waals surface area contributed by atoms with E-state index in [1.165, 1.54) is 0 Å². The second-order valence-electron chi connectivity index (χ2n) is 3.84. The number of hydrogen-bond acceptors (Lipinski definition) is 4. The van der Waals surface area contributed by atoms with Gasteiger partial charge < -0.3 is 0 Å². The van der Waals surface area contributed by atoms with Gasteiger partial charge in [0.2, 0.25) is 9.84 Å². The quantitative estimate of drug-likeness (QED) is 0.461. The molecule has 13 heteroatoms. The predicted octanol–water partition coefficient (Wildman–Crippen LogP) is 3.52. The highest BCUT2D eigenvalue weighted by atomic mass is 35.5. The molecule has 0 heterocycles. The van der Waals surface area contributed by atoms with Gasteiger partial charge in [-0.25, -0.2) is 12.8 Å². The molecule has 0 unspecified atom stereocenters. The van der Waals surface area contributed by atoms with E-state index in [0.29, 0.717) is 12.1 Å². The molecule has 0 saturated carbocycles. The lowest BCUT2D eigenvalue weighted by atomic mass is 10.3. The summed E-state index contributed by atoms with van der Waals surface area (Å²) in [6, 6.07) is 0.847. The minimum atomic E-state index is -6.19. The fourth-order valence-corrected chi connectivity index (χ4v) is 2.70. The van der Waals surface area contributed by atoms with Crippen LogP contribution in [0.25, 0.3) is 0 Å². The van der Waals surface area contributed by atoms with Gasteiger partial charge in [0.25, 0.3) is 11.9 Å². The van der Waals surface area contributed by atoms with Crippen LogP contribution in [0.2, 0.25) is 5.02 Å². The van der Waals surface area contributed by atoms with Crippen LogP contribution >= 0.6 is 11.6 Å². The van der Waals surface area contributed by atoms with Gasteiger partial charge in [-0.1, -0.05) is 11.6 Å². The number of rotatable bonds is 4. The molecule has 0 aliphatic rings. The van der Waals surface area contributed by atoms with Gasteiger partial charge in [-0.15, -0.1) is 0 Å². The van der Waals surface area contributed by atoms with E-state index in [2.05, 4.69) is 0 Å². The number of alkyl halides is 6. The Kier molecular flexibility index (Phi) is 4.68. The van der Waals surface area contributed by atoms with E-state index in [4.69, 9.17) is 11.6 Å². The molecule has 124 valence electrons. The lowest BCUT2D eigenvalue weighted by Gasteiger charge is -2.22. The van der Waals surface area contributed by atoms with Crippen molar-refractivity contribution in [3.05, 3.63) is 33.3 Å². The zero-order valence-corrected chi connectivity index (χ0v) is 11.5. The van der Waals surface area contributed by atoms with Gasteiger partial charge in [0, 0.05) is 6.07 Å². The van der Waals surface area contributed by atoms with Crippen LogP contribution in [0.4, 0.5) is 32.0 Å². The van der Waals surface area contributed by atoms with E-state index in [1.54, 1.807) is 0 Å². The van der Waals surface area contributed by atoms with Gasteiger partial charge in [-0.05, 0) is 12.1 Å². The van der Waals surface area contributed by atoms with Crippen LogP contribution in [-0.4, -0.2) is 30.9 Å². The van der Waals surface area contributed by atoms with E-state index in [9.17, 15) is 44.9 Å². The fourth-order valence-electron chi connectivity index (χ4n) is 1.28. The number of nitrogens with zero attached hydrogens (tertiary/aromatic N) is 1. The van der Waals surface area contributed by atoms with Crippen LogP contribution in [0, 0.1) is 10.1 Å². The summed E-state index contributed by atoms with van der Waals surface area (Å²) in [6.45, 7) is 0. The Hall–Kier alpha value is -1.56. The van der Waals surface area contributed by atoms with Gasteiger partial charge in [0.05, 0.1) is 9.82 Å². The number of hydrogen-bond donors (Lipinski definition) is 0. The van der Waals surface area contributed by atoms with Crippen LogP contribution < -0.4 is 0 Å². The summed E-state index contributed by atoms with van der Waals surface area (Å²) in [6.07, 6.45) is -11.1. The maximum atomic E-state index is 13.3. The molecule has 22 heavy (non-hydrogen) atoms. The minimum Gasteiger partial charge on any atom is -0.258 e. The third kappa shape index (κ3) is 3.11. The summed E-state index contributed by atoms with van der Waals surface area (Å²) in [5.74, 6) is 0. The van der Waals surface area contributed by atoms with Crippen molar-refractivity contribution in [2.45, 2.75) is 22.5 Å². The fraction of sp³-hybridized carbons (Fsp3) is 0.333. The molecule has 1 aromatic rings. The first kappa shape index (κ1) is 18.5. The highest BCUT2D eigenvalue weighted by Crippen LogP contribution is 2.42. The van der Waals surface area contributed by atoms with Crippen LogP contribution in [0.3, 0.4) is 0 Å². The molecule has 0 saturated heterocycles. The number of benzene rings is 1. The van der Waals surface area contributed by atoms with E-state index >= 15 is 0 Å². The third-order valence-corrected chi connectivity index (χ3v) is 4.48. The predicted molar refractivity (Wildman–Crippen MR) is 61.2 cm³/mol. The summed E-state index contributed by atoms with van der Waals surface area (Å²) in [5.41, 5.74) is -1.14. The average Bonchev–Trinajstić information content (AvgIpc) is 2.36. The van der Waals surface area contributed by atoms with Crippen molar-refractivity contribution >= 4 is 27.1 Å². The molecule has 0 N–H and O–H groups in total. The molecule has 1 atom stereocenters. The molecular weight excluding hydrogens is 368 g/mol. The summed E-state index contributed by atoms with van der Waals surface area (Å²) in [5, 5.41) is 4.02. The second kappa shape index (κ2) is 5.57. The standard InChI is InChI=1S/C9H4ClF6NO4S/c10-5-2-1-4(3-6(5)17(18)19)22(20,21)9(15,16)7(11)8(12,13)14/h1-3,7H/t7-/m0/s1. The highest BCUT2D eigenvalue weighted by Gasteiger charge is 2.64. The maximum absolute atomic E-state index is 13.3. The zero-order chi connectivity index (χ0) is 17.5. The van der Waals surface area contributed by atoms with Crippen molar-refractivity contribution in [3.63, 3.8) is 0 Å². The lowest BCUT2D eigenvalue weighted by Crippen LogP contribution is -2.47. The monoisotopic (exact) mass is 371 g/mol. The molecule has 0 fully saturated rings. The van der Waals surface area contributed by atoms with Crippen LogP contribution in [0.1, 0.15) is 0 Å². The van der Waals surface area contributed by atoms with E-state index in [0.717, 1.165) is 0 Å². The summed E-state index contributed by atoms with van der Waals surface area (Å²) >= 11 is 5.31. The number of halogens is 7. The molecule has 0 spiro atoms. The van der Waals surface area contributed by atoms with Crippen molar-refractivity contribution < 1.29 is 39.7 Å². The Morgan fingerprint density at radius 2 is 1.68 bits per heavy atom. The Morgan fingerprint density at radius 1 is 1.18 bits per heavy atom.